The monoisotopic (exact) mass is 422 g/mol. The lowest BCUT2D eigenvalue weighted by atomic mass is 9.93. The van der Waals surface area contributed by atoms with Crippen molar-refractivity contribution in [2.75, 3.05) is 25.1 Å². The third kappa shape index (κ3) is 3.83. The summed E-state index contributed by atoms with van der Waals surface area (Å²) >= 11 is 6.10. The van der Waals surface area contributed by atoms with E-state index in [2.05, 4.69) is 20.3 Å². The van der Waals surface area contributed by atoms with Crippen LogP contribution in [0.15, 0.2) is 35.6 Å². The van der Waals surface area contributed by atoms with Gasteiger partial charge in [-0.05, 0) is 6.07 Å². The molecule has 0 unspecified atom stereocenters. The van der Waals surface area contributed by atoms with Crippen molar-refractivity contribution in [3.63, 3.8) is 0 Å². The van der Waals surface area contributed by atoms with Crippen LogP contribution in [0.5, 0.6) is 11.5 Å². The molecule has 0 amide bonds. The molecule has 1 aliphatic heterocycles. The van der Waals surface area contributed by atoms with E-state index in [9.17, 15) is 13.9 Å². The molecule has 0 spiro atoms. The van der Waals surface area contributed by atoms with Gasteiger partial charge in [-0.3, -0.25) is 0 Å². The number of aliphatic imine (C=N–C) groups is 1. The van der Waals surface area contributed by atoms with Crippen LogP contribution in [-0.4, -0.2) is 40.9 Å². The van der Waals surface area contributed by atoms with Gasteiger partial charge in [0, 0.05) is 35.6 Å². The minimum Gasteiger partial charge on any atom is -0.464 e. The Morgan fingerprint density at radius 1 is 1.38 bits per heavy atom. The number of benzene rings is 1. The minimum absolute atomic E-state index is 0.0769. The molecule has 3 aromatic rings. The average Bonchev–Trinajstić information content (AvgIpc) is 3.09. The quantitative estimate of drug-likeness (QED) is 0.589. The van der Waals surface area contributed by atoms with Gasteiger partial charge >= 0.3 is 0 Å². The van der Waals surface area contributed by atoms with Crippen LogP contribution in [0.2, 0.25) is 5.02 Å². The van der Waals surface area contributed by atoms with E-state index in [0.29, 0.717) is 22.6 Å². The number of aromatic nitrogens is 2. The zero-order chi connectivity index (χ0) is 20.6. The standard InChI is InChI=1S/C19H17ClF2N4O3/c1-19(8-27)7-25-18(28-9-19)26-10-4-12(21)16(13(22)5-10)29-14-2-3-23-17-15(14)11(20)6-24-17/h2-6,27H,7-9H2,1H3,(H,23,24)(H,25,26)/t19-/m1/s1. The Labute approximate surface area is 169 Å². The summed E-state index contributed by atoms with van der Waals surface area (Å²) in [4.78, 5) is 11.1. The Morgan fingerprint density at radius 2 is 2.14 bits per heavy atom. The number of hydrogen-bond donors (Lipinski definition) is 3. The first kappa shape index (κ1) is 19.4. The van der Waals surface area contributed by atoms with Gasteiger partial charge in [0.25, 0.3) is 6.02 Å². The number of halogens is 3. The van der Waals surface area contributed by atoms with E-state index in [1.165, 1.54) is 18.5 Å². The summed E-state index contributed by atoms with van der Waals surface area (Å²) in [6.07, 6.45) is 2.95. The van der Waals surface area contributed by atoms with Gasteiger partial charge in [0.2, 0.25) is 0 Å². The van der Waals surface area contributed by atoms with Crippen LogP contribution < -0.4 is 10.1 Å². The second-order valence-electron chi connectivity index (χ2n) is 7.04. The highest BCUT2D eigenvalue weighted by Crippen LogP contribution is 2.36. The molecule has 152 valence electrons. The number of hydrogen-bond acceptors (Lipinski definition) is 6. The molecule has 1 aliphatic rings. The topological polar surface area (TPSA) is 91.8 Å². The number of fused-ring (bicyclic) bond motifs is 1. The molecule has 3 N–H and O–H groups in total. The summed E-state index contributed by atoms with van der Waals surface area (Å²) in [6.45, 7) is 2.31. The van der Waals surface area contributed by atoms with Crippen LogP contribution in [0.25, 0.3) is 11.0 Å². The van der Waals surface area contributed by atoms with E-state index >= 15 is 0 Å². The maximum absolute atomic E-state index is 14.6. The smallest absolute Gasteiger partial charge is 0.289 e. The van der Waals surface area contributed by atoms with Crippen molar-refractivity contribution in [3.8, 4) is 11.5 Å². The van der Waals surface area contributed by atoms with Gasteiger partial charge in [-0.25, -0.2) is 18.8 Å². The second kappa shape index (κ2) is 7.49. The molecule has 0 bridgehead atoms. The fourth-order valence-electron chi connectivity index (χ4n) is 2.80. The Kier molecular flexibility index (Phi) is 5.01. The van der Waals surface area contributed by atoms with E-state index in [1.807, 2.05) is 6.92 Å². The molecule has 0 saturated carbocycles. The Bertz CT molecular complexity index is 1080. The van der Waals surface area contributed by atoms with Crippen molar-refractivity contribution in [1.29, 1.82) is 0 Å². The lowest BCUT2D eigenvalue weighted by molar-refractivity contribution is 0.0706. The largest absolute Gasteiger partial charge is 0.464 e. The third-order valence-corrected chi connectivity index (χ3v) is 4.79. The maximum atomic E-state index is 14.6. The van der Waals surface area contributed by atoms with E-state index in [4.69, 9.17) is 21.1 Å². The number of nitrogens with one attached hydrogen (secondary N) is 2. The second-order valence-corrected chi connectivity index (χ2v) is 7.45. The van der Waals surface area contributed by atoms with Gasteiger partial charge in [0.15, 0.2) is 17.4 Å². The number of amidine groups is 1. The number of H-pyrrole nitrogens is 1. The average molecular weight is 423 g/mol. The zero-order valence-electron chi connectivity index (χ0n) is 15.3. The number of anilines is 1. The molecule has 0 radical (unpaired) electrons. The SMILES string of the molecule is C[C@]1(CO)CN=C(Nc2cc(F)c(Oc3ccnc4[nH]cc(Cl)c34)c(F)c2)OC1. The molecular weight excluding hydrogens is 406 g/mol. The van der Waals surface area contributed by atoms with Crippen LogP contribution in [0.3, 0.4) is 0 Å². The molecule has 1 atom stereocenters. The fourth-order valence-corrected chi connectivity index (χ4v) is 3.04. The highest BCUT2D eigenvalue weighted by molar-refractivity contribution is 6.36. The molecule has 4 rings (SSSR count). The highest BCUT2D eigenvalue weighted by Gasteiger charge is 2.29. The number of aliphatic hydroxyl groups is 1. The van der Waals surface area contributed by atoms with E-state index in [0.717, 1.165) is 12.1 Å². The van der Waals surface area contributed by atoms with Crippen LogP contribution in [0.4, 0.5) is 14.5 Å². The minimum atomic E-state index is -0.916. The first-order valence-corrected chi connectivity index (χ1v) is 9.10. The van der Waals surface area contributed by atoms with Gasteiger partial charge in [0.1, 0.15) is 18.0 Å². The zero-order valence-corrected chi connectivity index (χ0v) is 16.1. The molecule has 2 aromatic heterocycles. The Hall–Kier alpha value is -2.91. The van der Waals surface area contributed by atoms with E-state index < -0.39 is 22.8 Å². The summed E-state index contributed by atoms with van der Waals surface area (Å²) < 4.78 is 40.1. The first-order chi connectivity index (χ1) is 13.9. The lowest BCUT2D eigenvalue weighted by Gasteiger charge is -2.30. The molecular formula is C19H17ClF2N4O3. The van der Waals surface area contributed by atoms with Crippen molar-refractivity contribution in [2.24, 2.45) is 10.4 Å². The summed E-state index contributed by atoms with van der Waals surface area (Å²) in [5, 5.41) is 12.8. The van der Waals surface area contributed by atoms with Crippen LogP contribution >= 0.6 is 11.6 Å². The molecule has 29 heavy (non-hydrogen) atoms. The predicted molar refractivity (Wildman–Crippen MR) is 105 cm³/mol. The van der Waals surface area contributed by atoms with Gasteiger partial charge in [-0.2, -0.15) is 0 Å². The highest BCUT2D eigenvalue weighted by atomic mass is 35.5. The molecule has 7 nitrogen and oxygen atoms in total. The lowest BCUT2D eigenvalue weighted by Crippen LogP contribution is -2.38. The van der Waals surface area contributed by atoms with Gasteiger partial charge < -0.3 is 24.9 Å². The summed E-state index contributed by atoms with van der Waals surface area (Å²) in [5.74, 6) is -2.23. The van der Waals surface area contributed by atoms with Crippen molar-refractivity contribution < 1.29 is 23.4 Å². The number of ether oxygens (including phenoxy) is 2. The van der Waals surface area contributed by atoms with E-state index in [-0.39, 0.29) is 30.7 Å². The fraction of sp³-hybridized carbons (Fsp3) is 0.263. The molecule has 10 heteroatoms. The molecule has 1 aromatic carbocycles. The molecule has 3 heterocycles. The van der Waals surface area contributed by atoms with Crippen molar-refractivity contribution >= 4 is 34.3 Å². The van der Waals surface area contributed by atoms with Crippen molar-refractivity contribution in [1.82, 2.24) is 9.97 Å². The van der Waals surface area contributed by atoms with Crippen LogP contribution in [-0.2, 0) is 4.74 Å². The summed E-state index contributed by atoms with van der Waals surface area (Å²) in [6, 6.07) is 3.73. The van der Waals surface area contributed by atoms with Gasteiger partial charge in [-0.15, -0.1) is 0 Å². The number of aromatic amines is 1. The number of nitrogens with zero attached hydrogens (tertiary/aromatic N) is 2. The third-order valence-electron chi connectivity index (χ3n) is 4.49. The Morgan fingerprint density at radius 3 is 2.79 bits per heavy atom. The molecule has 0 aliphatic carbocycles. The van der Waals surface area contributed by atoms with Crippen LogP contribution in [0, 0.1) is 17.0 Å². The molecule has 0 saturated heterocycles. The number of pyridine rings is 1. The summed E-state index contributed by atoms with van der Waals surface area (Å²) in [7, 11) is 0. The van der Waals surface area contributed by atoms with Gasteiger partial charge in [-0.1, -0.05) is 18.5 Å². The summed E-state index contributed by atoms with van der Waals surface area (Å²) in [5.41, 5.74) is 0.0709. The first-order valence-electron chi connectivity index (χ1n) is 8.72. The number of rotatable bonds is 4. The molecule has 0 fully saturated rings. The van der Waals surface area contributed by atoms with Crippen LogP contribution in [0.1, 0.15) is 6.92 Å². The van der Waals surface area contributed by atoms with Crippen molar-refractivity contribution in [2.45, 2.75) is 6.92 Å². The predicted octanol–water partition coefficient (Wildman–Crippen LogP) is 4.08. The number of aliphatic hydroxyl groups excluding tert-OH is 1. The Balaban J connectivity index is 1.57. The van der Waals surface area contributed by atoms with Crippen molar-refractivity contribution in [3.05, 3.63) is 47.2 Å². The maximum Gasteiger partial charge on any atom is 0.289 e. The van der Waals surface area contributed by atoms with Gasteiger partial charge in [0.05, 0.1) is 23.6 Å². The normalized spacial score (nSPS) is 19.0. The van der Waals surface area contributed by atoms with E-state index in [1.54, 1.807) is 0 Å².